The van der Waals surface area contributed by atoms with Gasteiger partial charge in [0, 0.05) is 6.04 Å². The third-order valence-corrected chi connectivity index (χ3v) is 4.40. The van der Waals surface area contributed by atoms with E-state index in [0.717, 1.165) is 12.8 Å². The third-order valence-electron chi connectivity index (χ3n) is 4.40. The molecule has 1 aromatic carbocycles. The van der Waals surface area contributed by atoms with Crippen LogP contribution in [-0.4, -0.2) is 22.4 Å². The number of hydroxylamine groups is 2. The van der Waals surface area contributed by atoms with Gasteiger partial charge in [0.2, 0.25) is 0 Å². The molecule has 3 unspecified atom stereocenters. The Morgan fingerprint density at radius 1 is 1.11 bits per heavy atom. The van der Waals surface area contributed by atoms with Crippen LogP contribution in [0.15, 0.2) is 36.4 Å². The summed E-state index contributed by atoms with van der Waals surface area (Å²) < 4.78 is 0. The Labute approximate surface area is 109 Å². The Morgan fingerprint density at radius 2 is 1.89 bits per heavy atom. The van der Waals surface area contributed by atoms with Crippen molar-refractivity contribution in [3.8, 4) is 0 Å². The molecule has 1 aliphatic heterocycles. The SMILES string of the molecule is ON1C(C=Cc2ccccc2)CC2CCCCC21. The second-order valence-corrected chi connectivity index (χ2v) is 5.56. The van der Waals surface area contributed by atoms with Gasteiger partial charge in [-0.3, -0.25) is 0 Å². The van der Waals surface area contributed by atoms with Gasteiger partial charge in [0.25, 0.3) is 0 Å². The molecule has 2 heteroatoms. The maximum Gasteiger partial charge on any atom is 0.0540 e. The first-order chi connectivity index (χ1) is 8.84. The number of rotatable bonds is 2. The first kappa shape index (κ1) is 11.9. The minimum absolute atomic E-state index is 0.207. The van der Waals surface area contributed by atoms with E-state index < -0.39 is 0 Å². The molecule has 0 bridgehead atoms. The highest BCUT2D eigenvalue weighted by molar-refractivity contribution is 5.49. The average molecular weight is 243 g/mol. The van der Waals surface area contributed by atoms with E-state index in [1.165, 1.54) is 24.8 Å². The molecule has 0 radical (unpaired) electrons. The van der Waals surface area contributed by atoms with E-state index in [2.05, 4.69) is 24.3 Å². The van der Waals surface area contributed by atoms with Crippen LogP contribution in [0.5, 0.6) is 0 Å². The van der Waals surface area contributed by atoms with E-state index >= 15 is 0 Å². The zero-order chi connectivity index (χ0) is 12.4. The molecule has 18 heavy (non-hydrogen) atoms. The fraction of sp³-hybridized carbons (Fsp3) is 0.500. The maximum absolute atomic E-state index is 10.2. The summed E-state index contributed by atoms with van der Waals surface area (Å²) in [5.41, 5.74) is 1.21. The van der Waals surface area contributed by atoms with Crippen LogP contribution in [0.4, 0.5) is 0 Å². The lowest BCUT2D eigenvalue weighted by molar-refractivity contribution is -0.131. The average Bonchev–Trinajstić information content (AvgIpc) is 2.75. The number of hydrogen-bond donors (Lipinski definition) is 1. The van der Waals surface area contributed by atoms with Crippen molar-refractivity contribution in [1.82, 2.24) is 5.06 Å². The lowest BCUT2D eigenvalue weighted by Crippen LogP contribution is -2.35. The normalized spacial score (nSPS) is 32.8. The van der Waals surface area contributed by atoms with Gasteiger partial charge in [-0.2, -0.15) is 5.06 Å². The van der Waals surface area contributed by atoms with Gasteiger partial charge in [0.15, 0.2) is 0 Å². The minimum atomic E-state index is 0.207. The van der Waals surface area contributed by atoms with E-state index in [-0.39, 0.29) is 6.04 Å². The van der Waals surface area contributed by atoms with Crippen molar-refractivity contribution >= 4 is 6.08 Å². The topological polar surface area (TPSA) is 23.5 Å². The highest BCUT2D eigenvalue weighted by Crippen LogP contribution is 2.38. The van der Waals surface area contributed by atoms with Crippen LogP contribution in [0.1, 0.15) is 37.7 Å². The highest BCUT2D eigenvalue weighted by atomic mass is 16.5. The van der Waals surface area contributed by atoms with Gasteiger partial charge in [-0.05, 0) is 30.7 Å². The Bertz CT molecular complexity index is 414. The van der Waals surface area contributed by atoms with Gasteiger partial charge in [-0.1, -0.05) is 55.3 Å². The predicted molar refractivity (Wildman–Crippen MR) is 73.3 cm³/mol. The van der Waals surface area contributed by atoms with Crippen molar-refractivity contribution in [2.45, 2.75) is 44.2 Å². The summed E-state index contributed by atoms with van der Waals surface area (Å²) in [6.45, 7) is 0. The maximum atomic E-state index is 10.2. The van der Waals surface area contributed by atoms with Crippen molar-refractivity contribution in [1.29, 1.82) is 0 Å². The van der Waals surface area contributed by atoms with E-state index in [4.69, 9.17) is 0 Å². The van der Waals surface area contributed by atoms with Gasteiger partial charge in [-0.15, -0.1) is 0 Å². The summed E-state index contributed by atoms with van der Waals surface area (Å²) in [5, 5.41) is 11.9. The zero-order valence-electron chi connectivity index (χ0n) is 10.7. The molecular weight excluding hydrogens is 222 g/mol. The largest absolute Gasteiger partial charge is 0.313 e. The summed E-state index contributed by atoms with van der Waals surface area (Å²) >= 11 is 0. The number of hydrogen-bond acceptors (Lipinski definition) is 2. The van der Waals surface area contributed by atoms with Crippen LogP contribution in [0.2, 0.25) is 0 Å². The standard InChI is InChI=1S/C16H21NO/c18-17-15(11-10-13-6-2-1-3-7-13)12-14-8-4-5-9-16(14)17/h1-3,6-7,10-11,14-16,18H,4-5,8-9,12H2. The number of benzene rings is 1. The van der Waals surface area contributed by atoms with Gasteiger partial charge >= 0.3 is 0 Å². The van der Waals surface area contributed by atoms with E-state index in [1.54, 1.807) is 5.06 Å². The smallest absolute Gasteiger partial charge is 0.0540 e. The second-order valence-electron chi connectivity index (χ2n) is 5.56. The van der Waals surface area contributed by atoms with Gasteiger partial charge in [-0.25, -0.2) is 0 Å². The highest BCUT2D eigenvalue weighted by Gasteiger charge is 2.40. The summed E-state index contributed by atoms with van der Waals surface area (Å²) in [4.78, 5) is 0. The van der Waals surface area contributed by atoms with E-state index in [1.807, 2.05) is 18.2 Å². The van der Waals surface area contributed by atoms with Crippen LogP contribution in [0.25, 0.3) is 6.08 Å². The Hall–Kier alpha value is -1.12. The van der Waals surface area contributed by atoms with E-state index in [0.29, 0.717) is 12.0 Å². The Kier molecular flexibility index (Phi) is 3.48. The lowest BCUT2D eigenvalue weighted by Gasteiger charge is -2.28. The summed E-state index contributed by atoms with van der Waals surface area (Å²) in [7, 11) is 0. The Morgan fingerprint density at radius 3 is 2.67 bits per heavy atom. The molecule has 2 aliphatic rings. The van der Waals surface area contributed by atoms with Crippen LogP contribution in [-0.2, 0) is 0 Å². The first-order valence-electron chi connectivity index (χ1n) is 7.05. The van der Waals surface area contributed by atoms with Crippen molar-refractivity contribution in [3.05, 3.63) is 42.0 Å². The fourth-order valence-corrected chi connectivity index (χ4v) is 3.43. The molecule has 1 saturated heterocycles. The zero-order valence-corrected chi connectivity index (χ0v) is 10.7. The number of fused-ring (bicyclic) bond motifs is 1. The molecule has 1 heterocycles. The molecule has 0 aromatic heterocycles. The molecule has 1 aromatic rings. The minimum Gasteiger partial charge on any atom is -0.313 e. The lowest BCUT2D eigenvalue weighted by atomic mass is 9.85. The molecule has 3 atom stereocenters. The Balaban J connectivity index is 1.68. The molecule has 2 fully saturated rings. The van der Waals surface area contributed by atoms with Gasteiger partial charge in [0.1, 0.15) is 0 Å². The van der Waals surface area contributed by atoms with Crippen LogP contribution in [0.3, 0.4) is 0 Å². The fourth-order valence-electron chi connectivity index (χ4n) is 3.43. The summed E-state index contributed by atoms with van der Waals surface area (Å²) in [6.07, 6.45) is 10.5. The van der Waals surface area contributed by atoms with Crippen molar-refractivity contribution in [2.75, 3.05) is 0 Å². The number of nitrogens with zero attached hydrogens (tertiary/aromatic N) is 1. The molecule has 1 aliphatic carbocycles. The molecule has 1 saturated carbocycles. The molecule has 0 spiro atoms. The van der Waals surface area contributed by atoms with Crippen molar-refractivity contribution in [2.24, 2.45) is 5.92 Å². The third kappa shape index (κ3) is 2.36. The first-order valence-corrected chi connectivity index (χ1v) is 7.05. The van der Waals surface area contributed by atoms with Crippen LogP contribution < -0.4 is 0 Å². The molecule has 1 N–H and O–H groups in total. The summed E-state index contributed by atoms with van der Waals surface area (Å²) in [5.74, 6) is 0.703. The molecular formula is C16H21NO. The second kappa shape index (κ2) is 5.25. The van der Waals surface area contributed by atoms with Gasteiger partial charge in [0.05, 0.1) is 6.04 Å². The molecule has 2 nitrogen and oxygen atoms in total. The predicted octanol–water partition coefficient (Wildman–Crippen LogP) is 3.72. The van der Waals surface area contributed by atoms with Gasteiger partial charge < -0.3 is 5.21 Å². The van der Waals surface area contributed by atoms with Crippen molar-refractivity contribution < 1.29 is 5.21 Å². The van der Waals surface area contributed by atoms with E-state index in [9.17, 15) is 5.21 Å². The van der Waals surface area contributed by atoms with Crippen LogP contribution in [0, 0.1) is 5.92 Å². The van der Waals surface area contributed by atoms with Crippen molar-refractivity contribution in [3.63, 3.8) is 0 Å². The molecule has 0 amide bonds. The quantitative estimate of drug-likeness (QED) is 0.855. The monoisotopic (exact) mass is 243 g/mol. The summed E-state index contributed by atoms with van der Waals surface area (Å²) in [6, 6.07) is 10.9. The van der Waals surface area contributed by atoms with Crippen LogP contribution >= 0.6 is 0 Å². The molecule has 3 rings (SSSR count). The molecule has 96 valence electrons.